The average molecular weight is 512 g/mol. The van der Waals surface area contributed by atoms with Crippen LogP contribution < -0.4 is 10.5 Å². The Labute approximate surface area is 217 Å². The van der Waals surface area contributed by atoms with Crippen molar-refractivity contribution in [2.75, 3.05) is 19.4 Å². The number of nitrogens with two attached hydrogens (primary N) is 1. The number of halogens is 1. The van der Waals surface area contributed by atoms with E-state index in [0.29, 0.717) is 34.3 Å². The van der Waals surface area contributed by atoms with E-state index < -0.39 is 0 Å². The summed E-state index contributed by atoms with van der Waals surface area (Å²) in [5.74, 6) is 7.09. The molecular weight excluding hydrogens is 490 g/mol. The summed E-state index contributed by atoms with van der Waals surface area (Å²) in [5, 5.41) is 10.2. The summed E-state index contributed by atoms with van der Waals surface area (Å²) >= 11 is 6.57. The molecule has 9 nitrogen and oxygen atoms in total. The lowest BCUT2D eigenvalue weighted by molar-refractivity contribution is 0.0709. The third kappa shape index (κ3) is 3.82. The number of pyridine rings is 1. The van der Waals surface area contributed by atoms with Gasteiger partial charge in [-0.05, 0) is 24.3 Å². The fraction of sp³-hybridized carbons (Fsp3) is 0.185. The summed E-state index contributed by atoms with van der Waals surface area (Å²) in [6.45, 7) is 0.340. The smallest absolute Gasteiger partial charge is 0.255 e. The molecule has 10 heteroatoms. The van der Waals surface area contributed by atoms with E-state index in [0.717, 1.165) is 33.0 Å². The first-order valence-corrected chi connectivity index (χ1v) is 11.9. The summed E-state index contributed by atoms with van der Waals surface area (Å²) in [6.07, 6.45) is 5.24. The Morgan fingerprint density at radius 1 is 1.14 bits per heavy atom. The molecule has 2 aromatic carbocycles. The normalized spacial score (nSPS) is 14.3. The first kappa shape index (κ1) is 22.9. The molecule has 4 heterocycles. The van der Waals surface area contributed by atoms with E-state index in [9.17, 15) is 4.79 Å². The molecule has 1 amide bonds. The Hall–Kier alpha value is -4.55. The van der Waals surface area contributed by atoms with E-state index in [4.69, 9.17) is 22.1 Å². The van der Waals surface area contributed by atoms with Crippen LogP contribution in [0.25, 0.3) is 21.8 Å². The number of carbonyl (C=O) groups excluding carboxylic acids is 1. The highest BCUT2D eigenvalue weighted by atomic mass is 35.5. The zero-order chi connectivity index (χ0) is 25.8. The minimum Gasteiger partial charge on any atom is -0.491 e. The molecule has 0 spiro atoms. The Balaban J connectivity index is 1.32. The molecular formula is C27H22ClN7O2. The monoisotopic (exact) mass is 511 g/mol. The zero-order valence-corrected chi connectivity index (χ0v) is 21.1. The van der Waals surface area contributed by atoms with Gasteiger partial charge in [0, 0.05) is 43.9 Å². The molecule has 0 aliphatic carbocycles. The molecule has 0 saturated carbocycles. The SMILES string of the molecule is CN(C(=O)c1cc2c(cc1Cl)nc(N)c1cnn(C)c12)C1COc2cc(C#Cc3cnn(C)c3)ccc21. The van der Waals surface area contributed by atoms with E-state index in [1.54, 1.807) is 45.8 Å². The summed E-state index contributed by atoms with van der Waals surface area (Å²) in [7, 11) is 5.43. The molecule has 6 rings (SSSR count). The minimum atomic E-state index is -0.268. The van der Waals surface area contributed by atoms with Gasteiger partial charge in [-0.1, -0.05) is 29.5 Å². The third-order valence-electron chi connectivity index (χ3n) is 6.64. The molecule has 2 N–H and O–H groups in total. The fourth-order valence-electron chi connectivity index (χ4n) is 4.70. The van der Waals surface area contributed by atoms with Crippen molar-refractivity contribution in [3.8, 4) is 17.6 Å². The number of hydrogen-bond donors (Lipinski definition) is 1. The molecule has 37 heavy (non-hydrogen) atoms. The topological polar surface area (TPSA) is 104 Å². The molecule has 3 aromatic heterocycles. The maximum Gasteiger partial charge on any atom is 0.255 e. The van der Waals surface area contributed by atoms with E-state index in [2.05, 4.69) is 27.0 Å². The van der Waals surface area contributed by atoms with Gasteiger partial charge in [-0.3, -0.25) is 14.2 Å². The van der Waals surface area contributed by atoms with Gasteiger partial charge in [0.15, 0.2) is 0 Å². The largest absolute Gasteiger partial charge is 0.491 e. The minimum absolute atomic E-state index is 0.221. The predicted molar refractivity (Wildman–Crippen MR) is 141 cm³/mol. The van der Waals surface area contributed by atoms with Gasteiger partial charge in [0.25, 0.3) is 5.91 Å². The van der Waals surface area contributed by atoms with Gasteiger partial charge >= 0.3 is 0 Å². The van der Waals surface area contributed by atoms with Gasteiger partial charge in [0.1, 0.15) is 18.2 Å². The number of aromatic nitrogens is 5. The number of carbonyl (C=O) groups is 1. The number of aryl methyl sites for hydroxylation is 2. The van der Waals surface area contributed by atoms with Crippen LogP contribution in [-0.4, -0.2) is 49.0 Å². The number of hydrogen-bond acceptors (Lipinski definition) is 6. The van der Waals surface area contributed by atoms with Crippen molar-refractivity contribution in [1.29, 1.82) is 0 Å². The van der Waals surface area contributed by atoms with Gasteiger partial charge in [-0.15, -0.1) is 0 Å². The zero-order valence-electron chi connectivity index (χ0n) is 20.4. The maximum absolute atomic E-state index is 13.6. The lowest BCUT2D eigenvalue weighted by Crippen LogP contribution is -2.32. The van der Waals surface area contributed by atoms with Crippen LogP contribution in [0.3, 0.4) is 0 Å². The highest BCUT2D eigenvalue weighted by Crippen LogP contribution is 2.38. The first-order valence-electron chi connectivity index (χ1n) is 11.5. The third-order valence-corrected chi connectivity index (χ3v) is 6.95. The van der Waals surface area contributed by atoms with E-state index in [-0.39, 0.29) is 11.9 Å². The van der Waals surface area contributed by atoms with Crippen molar-refractivity contribution in [1.82, 2.24) is 29.4 Å². The van der Waals surface area contributed by atoms with Crippen LogP contribution in [0, 0.1) is 11.8 Å². The summed E-state index contributed by atoms with van der Waals surface area (Å²) in [6, 6.07) is 8.96. The van der Waals surface area contributed by atoms with Gasteiger partial charge in [0.05, 0.1) is 51.0 Å². The van der Waals surface area contributed by atoms with Gasteiger partial charge in [-0.25, -0.2) is 4.98 Å². The lowest BCUT2D eigenvalue weighted by atomic mass is 10.0. The quantitative estimate of drug-likeness (QED) is 0.362. The van der Waals surface area contributed by atoms with E-state index in [1.165, 1.54) is 0 Å². The first-order chi connectivity index (χ1) is 17.8. The second kappa shape index (κ2) is 8.54. The maximum atomic E-state index is 13.6. The molecule has 1 aliphatic rings. The molecule has 5 aromatic rings. The molecule has 1 aliphatic heterocycles. The number of nitrogen functional groups attached to an aromatic ring is 1. The van der Waals surface area contributed by atoms with E-state index >= 15 is 0 Å². The Kier molecular flexibility index (Phi) is 5.28. The second-order valence-electron chi connectivity index (χ2n) is 9.02. The Morgan fingerprint density at radius 3 is 2.73 bits per heavy atom. The standard InChI is InChI=1S/C27H22ClN7O2/c1-33-13-16(11-30-33)5-4-15-6-7-17-23(14-37-24(17)8-15)34(2)27(36)18-9-19-22(10-21(18)28)32-26(29)20-12-31-35(3)25(19)20/h6-13,23H,14H2,1-3H3,(H2,29,32). The van der Waals surface area contributed by atoms with Gasteiger partial charge in [-0.2, -0.15) is 10.2 Å². The van der Waals surface area contributed by atoms with Gasteiger partial charge in [0.2, 0.25) is 0 Å². The number of anilines is 1. The summed E-state index contributed by atoms with van der Waals surface area (Å²) in [5.41, 5.74) is 10.5. The van der Waals surface area contributed by atoms with Crippen molar-refractivity contribution in [2.24, 2.45) is 14.1 Å². The summed E-state index contributed by atoms with van der Waals surface area (Å²) in [4.78, 5) is 19.8. The van der Waals surface area contributed by atoms with E-state index in [1.807, 2.05) is 38.5 Å². The second-order valence-corrected chi connectivity index (χ2v) is 9.43. The van der Waals surface area contributed by atoms with Crippen molar-refractivity contribution in [3.05, 3.63) is 76.2 Å². The fourth-order valence-corrected chi connectivity index (χ4v) is 4.93. The highest BCUT2D eigenvalue weighted by molar-refractivity contribution is 6.35. The summed E-state index contributed by atoms with van der Waals surface area (Å²) < 4.78 is 9.37. The number of nitrogens with zero attached hydrogens (tertiary/aromatic N) is 6. The molecule has 1 atom stereocenters. The Morgan fingerprint density at radius 2 is 1.95 bits per heavy atom. The number of benzene rings is 2. The number of fused-ring (bicyclic) bond motifs is 4. The van der Waals surface area contributed by atoms with Crippen molar-refractivity contribution >= 4 is 45.1 Å². The number of likely N-dealkylation sites (N-methyl/N-ethyl adjacent to an activating group) is 1. The van der Waals surface area contributed by atoms with Crippen LogP contribution in [0.2, 0.25) is 5.02 Å². The highest BCUT2D eigenvalue weighted by Gasteiger charge is 2.32. The number of ether oxygens (including phenoxy) is 1. The van der Waals surface area contributed by atoms with Crippen LogP contribution in [0.4, 0.5) is 5.82 Å². The van der Waals surface area contributed by atoms with Crippen LogP contribution in [0.1, 0.15) is 33.1 Å². The average Bonchev–Trinajstić information content (AvgIpc) is 3.60. The molecule has 0 bridgehead atoms. The van der Waals surface area contributed by atoms with Crippen molar-refractivity contribution in [2.45, 2.75) is 6.04 Å². The molecule has 0 fully saturated rings. The van der Waals surface area contributed by atoms with Crippen LogP contribution in [0.15, 0.2) is 48.9 Å². The molecule has 184 valence electrons. The predicted octanol–water partition coefficient (Wildman–Crippen LogP) is 3.70. The van der Waals surface area contributed by atoms with Crippen molar-refractivity contribution in [3.63, 3.8) is 0 Å². The van der Waals surface area contributed by atoms with Crippen LogP contribution in [0.5, 0.6) is 5.75 Å². The van der Waals surface area contributed by atoms with Gasteiger partial charge < -0.3 is 15.4 Å². The number of amides is 1. The molecule has 1 unspecified atom stereocenters. The lowest BCUT2D eigenvalue weighted by Gasteiger charge is -2.24. The Bertz CT molecular complexity index is 1790. The van der Waals surface area contributed by atoms with Crippen LogP contribution in [-0.2, 0) is 14.1 Å². The molecule has 0 radical (unpaired) electrons. The van der Waals surface area contributed by atoms with Crippen molar-refractivity contribution < 1.29 is 9.53 Å². The number of rotatable bonds is 2. The van der Waals surface area contributed by atoms with Crippen LogP contribution >= 0.6 is 11.6 Å². The molecule has 0 saturated heterocycles.